The minimum Gasteiger partial charge on any atom is -0.324 e. The molecule has 0 amide bonds. The molecule has 2 aromatic carbocycles. The highest BCUT2D eigenvalue weighted by Crippen LogP contribution is 2.33. The summed E-state index contributed by atoms with van der Waals surface area (Å²) in [6.45, 7) is 0. The van der Waals surface area contributed by atoms with Crippen LogP contribution in [0, 0.1) is 11.7 Å². The van der Waals surface area contributed by atoms with Crippen molar-refractivity contribution in [2.24, 2.45) is 11.7 Å². The lowest BCUT2D eigenvalue weighted by Crippen LogP contribution is -2.21. The first-order chi connectivity index (χ1) is 8.74. The van der Waals surface area contributed by atoms with Gasteiger partial charge in [-0.05, 0) is 47.6 Å². The monoisotopic (exact) mass is 241 g/mol. The van der Waals surface area contributed by atoms with Gasteiger partial charge in [0.2, 0.25) is 0 Å². The molecule has 0 aromatic heterocycles. The molecule has 0 heterocycles. The number of hydrogen-bond donors (Lipinski definition) is 1. The van der Waals surface area contributed by atoms with Crippen LogP contribution in [-0.4, -0.2) is 0 Å². The fraction of sp³-hybridized carbons (Fsp3) is 0.250. The summed E-state index contributed by atoms with van der Waals surface area (Å²) in [5.74, 6) is 0.169. The van der Waals surface area contributed by atoms with Crippen molar-refractivity contribution in [1.29, 1.82) is 0 Å². The average Bonchev–Trinajstić information content (AvgIpc) is 2.81. The summed E-state index contributed by atoms with van der Waals surface area (Å²) >= 11 is 0. The number of hydrogen-bond acceptors (Lipinski definition) is 1. The molecule has 1 aliphatic carbocycles. The lowest BCUT2D eigenvalue weighted by atomic mass is 9.91. The Morgan fingerprint density at radius 2 is 1.67 bits per heavy atom. The second-order valence-corrected chi connectivity index (χ2v) is 5.02. The molecule has 2 N–H and O–H groups in total. The summed E-state index contributed by atoms with van der Waals surface area (Å²) in [6.07, 6.45) is 1.99. The SMILES string of the molecule is NC(c1cccc(F)c1)C1Cc2ccccc2C1. The van der Waals surface area contributed by atoms with Crippen LogP contribution in [-0.2, 0) is 12.8 Å². The highest BCUT2D eigenvalue weighted by molar-refractivity contribution is 5.34. The molecule has 0 spiro atoms. The van der Waals surface area contributed by atoms with Crippen molar-refractivity contribution in [2.75, 3.05) is 0 Å². The molecule has 0 bridgehead atoms. The zero-order valence-corrected chi connectivity index (χ0v) is 10.1. The van der Waals surface area contributed by atoms with E-state index in [1.165, 1.54) is 17.2 Å². The third-order valence-corrected chi connectivity index (χ3v) is 3.82. The van der Waals surface area contributed by atoms with Gasteiger partial charge in [0.1, 0.15) is 5.82 Å². The number of fused-ring (bicyclic) bond motifs is 1. The summed E-state index contributed by atoms with van der Waals surface area (Å²) in [5, 5.41) is 0. The van der Waals surface area contributed by atoms with Gasteiger partial charge in [0.25, 0.3) is 0 Å². The molecule has 0 radical (unpaired) electrons. The van der Waals surface area contributed by atoms with Crippen molar-refractivity contribution in [2.45, 2.75) is 18.9 Å². The molecule has 0 fully saturated rings. The number of rotatable bonds is 2. The van der Waals surface area contributed by atoms with Crippen LogP contribution < -0.4 is 5.73 Å². The molecule has 0 saturated carbocycles. The summed E-state index contributed by atoms with van der Waals surface area (Å²) in [4.78, 5) is 0. The molecule has 1 atom stereocenters. The number of benzene rings is 2. The van der Waals surface area contributed by atoms with Crippen molar-refractivity contribution >= 4 is 0 Å². The van der Waals surface area contributed by atoms with Gasteiger partial charge < -0.3 is 5.73 Å². The van der Waals surface area contributed by atoms with E-state index in [1.807, 2.05) is 6.07 Å². The normalized spacial score (nSPS) is 16.6. The highest BCUT2D eigenvalue weighted by atomic mass is 19.1. The molecule has 1 unspecified atom stereocenters. The Morgan fingerprint density at radius 1 is 1.00 bits per heavy atom. The van der Waals surface area contributed by atoms with Gasteiger partial charge in [-0.2, -0.15) is 0 Å². The summed E-state index contributed by atoms with van der Waals surface area (Å²) < 4.78 is 13.2. The Labute approximate surface area is 106 Å². The van der Waals surface area contributed by atoms with Crippen molar-refractivity contribution in [3.63, 3.8) is 0 Å². The maximum absolute atomic E-state index is 13.2. The Balaban J connectivity index is 1.82. The van der Waals surface area contributed by atoms with Crippen LogP contribution in [0.2, 0.25) is 0 Å². The summed E-state index contributed by atoms with van der Waals surface area (Å²) in [7, 11) is 0. The Bertz CT molecular complexity index is 540. The number of halogens is 1. The predicted molar refractivity (Wildman–Crippen MR) is 70.7 cm³/mol. The van der Waals surface area contributed by atoms with Gasteiger partial charge >= 0.3 is 0 Å². The maximum Gasteiger partial charge on any atom is 0.123 e. The van der Waals surface area contributed by atoms with Crippen LogP contribution in [0.15, 0.2) is 48.5 Å². The second kappa shape index (κ2) is 4.54. The van der Waals surface area contributed by atoms with Crippen LogP contribution >= 0.6 is 0 Å². The van der Waals surface area contributed by atoms with Crippen molar-refractivity contribution in [1.82, 2.24) is 0 Å². The van der Waals surface area contributed by atoms with Crippen molar-refractivity contribution < 1.29 is 4.39 Å². The van der Waals surface area contributed by atoms with Crippen LogP contribution in [0.4, 0.5) is 4.39 Å². The van der Waals surface area contributed by atoms with Gasteiger partial charge in [-0.1, -0.05) is 36.4 Å². The Hall–Kier alpha value is -1.67. The molecule has 0 aliphatic heterocycles. The molecule has 0 saturated heterocycles. The largest absolute Gasteiger partial charge is 0.324 e. The van der Waals surface area contributed by atoms with Crippen LogP contribution in [0.5, 0.6) is 0 Å². The first kappa shape index (κ1) is 11.4. The molecular formula is C16H16FN. The van der Waals surface area contributed by atoms with Crippen LogP contribution in [0.1, 0.15) is 22.7 Å². The van der Waals surface area contributed by atoms with E-state index >= 15 is 0 Å². The molecular weight excluding hydrogens is 225 g/mol. The van der Waals surface area contributed by atoms with Gasteiger partial charge in [-0.25, -0.2) is 4.39 Å². The van der Waals surface area contributed by atoms with E-state index in [9.17, 15) is 4.39 Å². The maximum atomic E-state index is 13.2. The molecule has 2 heteroatoms. The summed E-state index contributed by atoms with van der Waals surface area (Å²) in [6, 6.07) is 15.0. The van der Waals surface area contributed by atoms with E-state index in [2.05, 4.69) is 24.3 Å². The van der Waals surface area contributed by atoms with E-state index in [-0.39, 0.29) is 11.9 Å². The highest BCUT2D eigenvalue weighted by Gasteiger charge is 2.27. The first-order valence-electron chi connectivity index (χ1n) is 6.32. The van der Waals surface area contributed by atoms with Crippen LogP contribution in [0.25, 0.3) is 0 Å². The van der Waals surface area contributed by atoms with E-state index in [0.29, 0.717) is 5.92 Å². The van der Waals surface area contributed by atoms with E-state index in [4.69, 9.17) is 5.73 Å². The molecule has 18 heavy (non-hydrogen) atoms. The molecule has 3 rings (SSSR count). The first-order valence-corrected chi connectivity index (χ1v) is 6.32. The Kier molecular flexibility index (Phi) is 2.88. The fourth-order valence-corrected chi connectivity index (χ4v) is 2.83. The third kappa shape index (κ3) is 2.04. The molecule has 2 aromatic rings. The average molecular weight is 241 g/mol. The molecule has 92 valence electrons. The fourth-order valence-electron chi connectivity index (χ4n) is 2.83. The predicted octanol–water partition coefficient (Wildman–Crippen LogP) is 3.24. The molecule has 1 nitrogen and oxygen atoms in total. The minimum atomic E-state index is -0.210. The van der Waals surface area contributed by atoms with Gasteiger partial charge in [-0.15, -0.1) is 0 Å². The summed E-state index contributed by atoms with van der Waals surface area (Å²) in [5.41, 5.74) is 9.95. The Morgan fingerprint density at radius 3 is 2.28 bits per heavy atom. The zero-order chi connectivity index (χ0) is 12.5. The van der Waals surface area contributed by atoms with Crippen molar-refractivity contribution in [3.8, 4) is 0 Å². The smallest absolute Gasteiger partial charge is 0.123 e. The quantitative estimate of drug-likeness (QED) is 0.858. The van der Waals surface area contributed by atoms with Gasteiger partial charge in [0.05, 0.1) is 0 Å². The van der Waals surface area contributed by atoms with E-state index < -0.39 is 0 Å². The second-order valence-electron chi connectivity index (χ2n) is 5.02. The van der Waals surface area contributed by atoms with Gasteiger partial charge in [0.15, 0.2) is 0 Å². The van der Waals surface area contributed by atoms with E-state index in [1.54, 1.807) is 12.1 Å². The standard InChI is InChI=1S/C16H16FN/c17-15-7-3-6-13(10-15)16(18)14-8-11-4-1-2-5-12(11)9-14/h1-7,10,14,16H,8-9,18H2. The zero-order valence-electron chi connectivity index (χ0n) is 10.1. The third-order valence-electron chi connectivity index (χ3n) is 3.82. The van der Waals surface area contributed by atoms with Gasteiger partial charge in [0, 0.05) is 6.04 Å². The minimum absolute atomic E-state index is 0.0897. The van der Waals surface area contributed by atoms with Crippen LogP contribution in [0.3, 0.4) is 0 Å². The van der Waals surface area contributed by atoms with E-state index in [0.717, 1.165) is 18.4 Å². The topological polar surface area (TPSA) is 26.0 Å². The lowest BCUT2D eigenvalue weighted by Gasteiger charge is -2.19. The van der Waals surface area contributed by atoms with Crippen molar-refractivity contribution in [3.05, 3.63) is 71.0 Å². The van der Waals surface area contributed by atoms with Gasteiger partial charge in [-0.3, -0.25) is 0 Å². The molecule has 1 aliphatic rings. The lowest BCUT2D eigenvalue weighted by molar-refractivity contribution is 0.451. The number of nitrogens with two attached hydrogens (primary N) is 1.